The molecule has 2 rings (SSSR count). The van der Waals surface area contributed by atoms with Gasteiger partial charge in [0.1, 0.15) is 0 Å². The second kappa shape index (κ2) is 3.02. The van der Waals surface area contributed by atoms with Gasteiger partial charge < -0.3 is 4.74 Å². The maximum absolute atomic E-state index is 5.69. The van der Waals surface area contributed by atoms with Gasteiger partial charge in [-0.15, -0.1) is 0 Å². The molecular formula is C11H20O. The van der Waals surface area contributed by atoms with Crippen molar-refractivity contribution in [2.45, 2.75) is 51.6 Å². The SMILES string of the molecule is CC(C)[C@H]1CC[C@]2(CCO2)CC1. The van der Waals surface area contributed by atoms with Crippen molar-refractivity contribution in [3.63, 3.8) is 0 Å². The summed E-state index contributed by atoms with van der Waals surface area (Å²) >= 11 is 0. The summed E-state index contributed by atoms with van der Waals surface area (Å²) in [6, 6.07) is 0. The molecule has 2 aliphatic rings. The largest absolute Gasteiger partial charge is 0.375 e. The molecule has 0 radical (unpaired) electrons. The second-order valence-corrected chi connectivity index (χ2v) is 4.86. The third kappa shape index (κ3) is 1.39. The molecule has 1 heterocycles. The third-order valence-corrected chi connectivity index (χ3v) is 3.85. The van der Waals surface area contributed by atoms with Crippen LogP contribution in [0.3, 0.4) is 0 Å². The van der Waals surface area contributed by atoms with Crippen LogP contribution in [0.1, 0.15) is 46.0 Å². The number of rotatable bonds is 1. The van der Waals surface area contributed by atoms with Crippen LogP contribution < -0.4 is 0 Å². The number of hydrogen-bond acceptors (Lipinski definition) is 1. The fourth-order valence-corrected chi connectivity index (χ4v) is 2.62. The summed E-state index contributed by atoms with van der Waals surface area (Å²) in [6.45, 7) is 5.72. The van der Waals surface area contributed by atoms with Crippen LogP contribution in [0.2, 0.25) is 0 Å². The van der Waals surface area contributed by atoms with Crippen LogP contribution >= 0.6 is 0 Å². The Hall–Kier alpha value is -0.0400. The highest BCUT2D eigenvalue weighted by Crippen LogP contribution is 2.44. The van der Waals surface area contributed by atoms with Gasteiger partial charge in [-0.3, -0.25) is 0 Å². The van der Waals surface area contributed by atoms with E-state index in [2.05, 4.69) is 13.8 Å². The lowest BCUT2D eigenvalue weighted by molar-refractivity contribution is -0.171. The molecule has 1 aliphatic carbocycles. The topological polar surface area (TPSA) is 9.23 Å². The Kier molecular flexibility index (Phi) is 2.16. The zero-order chi connectivity index (χ0) is 8.60. The quantitative estimate of drug-likeness (QED) is 0.585. The van der Waals surface area contributed by atoms with Gasteiger partial charge in [-0.25, -0.2) is 0 Å². The van der Waals surface area contributed by atoms with Crippen LogP contribution in [0.4, 0.5) is 0 Å². The average molecular weight is 168 g/mol. The zero-order valence-electron chi connectivity index (χ0n) is 8.31. The predicted molar refractivity (Wildman–Crippen MR) is 50.1 cm³/mol. The van der Waals surface area contributed by atoms with E-state index in [1.165, 1.54) is 32.1 Å². The molecule has 1 saturated carbocycles. The summed E-state index contributed by atoms with van der Waals surface area (Å²) in [7, 11) is 0. The summed E-state index contributed by atoms with van der Waals surface area (Å²) in [5.41, 5.74) is 0.366. The molecule has 2 fully saturated rings. The summed E-state index contributed by atoms with van der Waals surface area (Å²) in [6.07, 6.45) is 6.79. The average Bonchev–Trinajstić information content (AvgIpc) is 2.02. The molecule has 1 spiro atoms. The van der Waals surface area contributed by atoms with E-state index < -0.39 is 0 Å². The molecular weight excluding hydrogens is 148 g/mol. The van der Waals surface area contributed by atoms with Gasteiger partial charge in [0.25, 0.3) is 0 Å². The Morgan fingerprint density at radius 2 is 1.75 bits per heavy atom. The highest BCUT2D eigenvalue weighted by Gasteiger charge is 2.41. The Morgan fingerprint density at radius 1 is 1.17 bits per heavy atom. The Morgan fingerprint density at radius 3 is 2.08 bits per heavy atom. The van der Waals surface area contributed by atoms with Crippen molar-refractivity contribution < 1.29 is 4.74 Å². The van der Waals surface area contributed by atoms with E-state index in [0.29, 0.717) is 5.60 Å². The molecule has 0 amide bonds. The van der Waals surface area contributed by atoms with Gasteiger partial charge in [0.2, 0.25) is 0 Å². The zero-order valence-corrected chi connectivity index (χ0v) is 8.31. The van der Waals surface area contributed by atoms with E-state index >= 15 is 0 Å². The van der Waals surface area contributed by atoms with Crippen molar-refractivity contribution in [2.75, 3.05) is 6.61 Å². The van der Waals surface area contributed by atoms with Gasteiger partial charge in [0, 0.05) is 0 Å². The molecule has 1 heteroatoms. The lowest BCUT2D eigenvalue weighted by atomic mass is 9.72. The first-order valence-electron chi connectivity index (χ1n) is 5.36. The minimum atomic E-state index is 0.366. The van der Waals surface area contributed by atoms with Gasteiger partial charge in [-0.1, -0.05) is 13.8 Å². The Bertz CT molecular complexity index is 148. The lowest BCUT2D eigenvalue weighted by Crippen LogP contribution is -2.46. The van der Waals surface area contributed by atoms with Crippen LogP contribution in [-0.2, 0) is 4.74 Å². The van der Waals surface area contributed by atoms with Gasteiger partial charge in [0.05, 0.1) is 12.2 Å². The predicted octanol–water partition coefficient (Wildman–Crippen LogP) is 2.99. The minimum absolute atomic E-state index is 0.366. The monoisotopic (exact) mass is 168 g/mol. The Labute approximate surface area is 75.5 Å². The molecule has 0 aromatic heterocycles. The smallest absolute Gasteiger partial charge is 0.0704 e. The molecule has 0 unspecified atom stereocenters. The molecule has 12 heavy (non-hydrogen) atoms. The van der Waals surface area contributed by atoms with E-state index in [1.54, 1.807) is 0 Å². The summed E-state index contributed by atoms with van der Waals surface area (Å²) in [4.78, 5) is 0. The van der Waals surface area contributed by atoms with Crippen molar-refractivity contribution in [2.24, 2.45) is 11.8 Å². The van der Waals surface area contributed by atoms with Gasteiger partial charge >= 0.3 is 0 Å². The summed E-state index contributed by atoms with van der Waals surface area (Å²) < 4.78 is 5.69. The fraction of sp³-hybridized carbons (Fsp3) is 1.00. The second-order valence-electron chi connectivity index (χ2n) is 4.86. The normalized spacial score (nSPS) is 41.8. The van der Waals surface area contributed by atoms with E-state index in [1.807, 2.05) is 0 Å². The highest BCUT2D eigenvalue weighted by atomic mass is 16.5. The van der Waals surface area contributed by atoms with Crippen LogP contribution in [0, 0.1) is 11.8 Å². The van der Waals surface area contributed by atoms with E-state index in [9.17, 15) is 0 Å². The number of hydrogen-bond donors (Lipinski definition) is 0. The molecule has 0 aromatic carbocycles. The minimum Gasteiger partial charge on any atom is -0.375 e. The molecule has 1 saturated heterocycles. The molecule has 1 aliphatic heterocycles. The van der Waals surface area contributed by atoms with Crippen molar-refractivity contribution in [3.05, 3.63) is 0 Å². The van der Waals surface area contributed by atoms with Gasteiger partial charge in [0.15, 0.2) is 0 Å². The van der Waals surface area contributed by atoms with Gasteiger partial charge in [-0.2, -0.15) is 0 Å². The van der Waals surface area contributed by atoms with Gasteiger partial charge in [-0.05, 0) is 43.9 Å². The maximum Gasteiger partial charge on any atom is 0.0704 e. The number of ether oxygens (including phenoxy) is 1. The van der Waals surface area contributed by atoms with Crippen LogP contribution in [0.5, 0.6) is 0 Å². The van der Waals surface area contributed by atoms with Crippen molar-refractivity contribution in [3.8, 4) is 0 Å². The molecule has 0 aromatic rings. The summed E-state index contributed by atoms with van der Waals surface area (Å²) in [5.74, 6) is 1.85. The molecule has 0 atom stereocenters. The third-order valence-electron chi connectivity index (χ3n) is 3.85. The molecule has 70 valence electrons. The molecule has 0 N–H and O–H groups in total. The molecule has 0 bridgehead atoms. The van der Waals surface area contributed by atoms with E-state index in [4.69, 9.17) is 4.74 Å². The summed E-state index contributed by atoms with van der Waals surface area (Å²) in [5, 5.41) is 0. The molecule has 1 nitrogen and oxygen atoms in total. The van der Waals surface area contributed by atoms with Crippen molar-refractivity contribution in [1.82, 2.24) is 0 Å². The fourth-order valence-electron chi connectivity index (χ4n) is 2.62. The Balaban J connectivity index is 1.84. The maximum atomic E-state index is 5.69. The van der Waals surface area contributed by atoms with Crippen LogP contribution in [-0.4, -0.2) is 12.2 Å². The van der Waals surface area contributed by atoms with Crippen molar-refractivity contribution in [1.29, 1.82) is 0 Å². The highest BCUT2D eigenvalue weighted by molar-refractivity contribution is 4.92. The first-order valence-corrected chi connectivity index (χ1v) is 5.36. The first-order chi connectivity index (χ1) is 5.72. The lowest BCUT2D eigenvalue weighted by Gasteiger charge is -2.47. The standard InChI is InChI=1S/C11H20O/c1-9(2)10-3-5-11(6-4-10)7-8-12-11/h9-10H,3-8H2,1-2H3/t10-,11+. The van der Waals surface area contributed by atoms with E-state index in [0.717, 1.165) is 18.4 Å². The van der Waals surface area contributed by atoms with Crippen molar-refractivity contribution >= 4 is 0 Å². The van der Waals surface area contributed by atoms with Crippen LogP contribution in [0.15, 0.2) is 0 Å². The first kappa shape index (κ1) is 8.55. The van der Waals surface area contributed by atoms with Crippen LogP contribution in [0.25, 0.3) is 0 Å². The van der Waals surface area contributed by atoms with E-state index in [-0.39, 0.29) is 0 Å².